The van der Waals surface area contributed by atoms with E-state index in [0.717, 1.165) is 6.54 Å². The van der Waals surface area contributed by atoms with Gasteiger partial charge in [-0.2, -0.15) is 5.10 Å². The van der Waals surface area contributed by atoms with Crippen LogP contribution in [0.1, 0.15) is 20.8 Å². The van der Waals surface area contributed by atoms with E-state index in [1.165, 1.54) is 0 Å². The maximum atomic E-state index is 5.30. The van der Waals surface area contributed by atoms with Gasteiger partial charge >= 0.3 is 0 Å². The summed E-state index contributed by atoms with van der Waals surface area (Å²) in [5.41, 5.74) is 0.0823. The van der Waals surface area contributed by atoms with Crippen molar-refractivity contribution in [3.05, 3.63) is 18.5 Å². The molecule has 1 aromatic rings. The van der Waals surface area contributed by atoms with E-state index in [4.69, 9.17) is 17.0 Å². The molecule has 19 heavy (non-hydrogen) atoms. The molecule has 2 N–H and O–H groups in total. The van der Waals surface area contributed by atoms with Crippen LogP contribution in [0, 0.1) is 5.41 Å². The number of hydrogen-bond donors (Lipinski definition) is 2. The maximum absolute atomic E-state index is 5.30. The monoisotopic (exact) mass is 284 g/mol. The molecule has 0 aromatic carbocycles. The zero-order chi connectivity index (χ0) is 14.3. The maximum Gasteiger partial charge on any atom is 0.166 e. The van der Waals surface area contributed by atoms with E-state index in [2.05, 4.69) is 36.5 Å². The average molecular weight is 284 g/mol. The third-order valence-electron chi connectivity index (χ3n) is 2.87. The summed E-state index contributed by atoms with van der Waals surface area (Å²) in [4.78, 5) is 0. The highest BCUT2D eigenvalue weighted by Gasteiger charge is 2.25. The molecule has 1 heterocycles. The fourth-order valence-electron chi connectivity index (χ4n) is 1.61. The van der Waals surface area contributed by atoms with Gasteiger partial charge in [0.25, 0.3) is 0 Å². The predicted molar refractivity (Wildman–Crippen MR) is 81.1 cm³/mol. The Morgan fingerprint density at radius 2 is 2.21 bits per heavy atom. The third-order valence-corrected chi connectivity index (χ3v) is 3.13. The summed E-state index contributed by atoms with van der Waals surface area (Å²) in [5, 5.41) is 11.4. The first-order valence-corrected chi connectivity index (χ1v) is 6.85. The first-order valence-electron chi connectivity index (χ1n) is 6.44. The normalized spacial score (nSPS) is 13.1. The molecule has 1 aromatic heterocycles. The first kappa shape index (κ1) is 15.9. The van der Waals surface area contributed by atoms with E-state index in [-0.39, 0.29) is 11.5 Å². The highest BCUT2D eigenvalue weighted by molar-refractivity contribution is 7.80. The van der Waals surface area contributed by atoms with E-state index in [1.807, 2.05) is 16.9 Å². The van der Waals surface area contributed by atoms with E-state index in [1.54, 1.807) is 13.3 Å². The summed E-state index contributed by atoms with van der Waals surface area (Å²) in [5.74, 6) is 0. The fourth-order valence-corrected chi connectivity index (χ4v) is 1.85. The van der Waals surface area contributed by atoms with Crippen molar-refractivity contribution in [2.45, 2.75) is 33.4 Å². The molecule has 0 fully saturated rings. The minimum absolute atomic E-state index is 0.0823. The highest BCUT2D eigenvalue weighted by Crippen LogP contribution is 2.20. The predicted octanol–water partition coefficient (Wildman–Crippen LogP) is 1.41. The van der Waals surface area contributed by atoms with Crippen molar-refractivity contribution >= 4 is 17.3 Å². The summed E-state index contributed by atoms with van der Waals surface area (Å²) >= 11 is 5.30. The standard InChI is InChI=1S/C13H24N4OS/c1-13(2,3)11(10-17-8-5-6-15-17)16-12(19)14-7-9-18-4/h5-6,8,11H,7,9-10H2,1-4H3,(H2,14,16,19). The largest absolute Gasteiger partial charge is 0.383 e. The molecule has 0 radical (unpaired) electrons. The van der Waals surface area contributed by atoms with Gasteiger partial charge in [0.15, 0.2) is 5.11 Å². The van der Waals surface area contributed by atoms with Gasteiger partial charge in [0, 0.05) is 26.0 Å². The van der Waals surface area contributed by atoms with Crippen LogP contribution < -0.4 is 10.6 Å². The lowest BCUT2D eigenvalue weighted by Gasteiger charge is -2.32. The number of hydrogen-bond acceptors (Lipinski definition) is 3. The molecule has 1 atom stereocenters. The quantitative estimate of drug-likeness (QED) is 0.611. The second-order valence-corrected chi connectivity index (χ2v) is 5.95. The minimum Gasteiger partial charge on any atom is -0.383 e. The second-order valence-electron chi connectivity index (χ2n) is 5.54. The Balaban J connectivity index is 2.53. The molecule has 1 rings (SSSR count). The molecule has 0 bridgehead atoms. The molecule has 0 spiro atoms. The van der Waals surface area contributed by atoms with Crippen LogP contribution in [0.15, 0.2) is 18.5 Å². The minimum atomic E-state index is 0.0823. The van der Waals surface area contributed by atoms with Crippen LogP contribution in [0.2, 0.25) is 0 Å². The van der Waals surface area contributed by atoms with Crippen molar-refractivity contribution in [3.63, 3.8) is 0 Å². The van der Waals surface area contributed by atoms with E-state index in [0.29, 0.717) is 18.3 Å². The van der Waals surface area contributed by atoms with Crippen molar-refractivity contribution in [2.24, 2.45) is 5.41 Å². The molecule has 0 aliphatic rings. The molecule has 1 unspecified atom stereocenters. The Kier molecular flexibility index (Phi) is 6.24. The lowest BCUT2D eigenvalue weighted by molar-refractivity contribution is 0.203. The Morgan fingerprint density at radius 3 is 2.74 bits per heavy atom. The van der Waals surface area contributed by atoms with Crippen LogP contribution in [0.5, 0.6) is 0 Å². The molecule has 5 nitrogen and oxygen atoms in total. The molecular formula is C13H24N4OS. The zero-order valence-electron chi connectivity index (χ0n) is 12.1. The zero-order valence-corrected chi connectivity index (χ0v) is 13.0. The summed E-state index contributed by atoms with van der Waals surface area (Å²) in [6.07, 6.45) is 3.75. The average Bonchev–Trinajstić information content (AvgIpc) is 2.80. The second kappa shape index (κ2) is 7.45. The Bertz CT molecular complexity index is 372. The van der Waals surface area contributed by atoms with Gasteiger partial charge < -0.3 is 15.4 Å². The van der Waals surface area contributed by atoms with Crippen LogP contribution in [0.4, 0.5) is 0 Å². The number of nitrogens with one attached hydrogen (secondary N) is 2. The number of thiocarbonyl (C=S) groups is 1. The van der Waals surface area contributed by atoms with Gasteiger partial charge in [0.1, 0.15) is 0 Å². The number of methoxy groups -OCH3 is 1. The molecule has 6 heteroatoms. The van der Waals surface area contributed by atoms with Gasteiger partial charge in [0.05, 0.1) is 19.2 Å². The Labute approximate surface area is 120 Å². The third kappa shape index (κ3) is 6.02. The van der Waals surface area contributed by atoms with Gasteiger partial charge in [0.2, 0.25) is 0 Å². The van der Waals surface area contributed by atoms with Crippen molar-refractivity contribution in [3.8, 4) is 0 Å². The van der Waals surface area contributed by atoms with Crippen LogP contribution in [0.25, 0.3) is 0 Å². The summed E-state index contributed by atoms with van der Waals surface area (Å²) in [6, 6.07) is 2.13. The van der Waals surface area contributed by atoms with Gasteiger partial charge in [-0.25, -0.2) is 0 Å². The summed E-state index contributed by atoms with van der Waals surface area (Å²) < 4.78 is 6.90. The van der Waals surface area contributed by atoms with Crippen molar-refractivity contribution in [1.29, 1.82) is 0 Å². The van der Waals surface area contributed by atoms with Gasteiger partial charge in [-0.1, -0.05) is 20.8 Å². The molecule has 0 saturated carbocycles. The van der Waals surface area contributed by atoms with Gasteiger partial charge in [-0.05, 0) is 23.7 Å². The topological polar surface area (TPSA) is 51.1 Å². The SMILES string of the molecule is COCCNC(=S)NC(Cn1cccn1)C(C)(C)C. The van der Waals surface area contributed by atoms with Crippen LogP contribution in [0.3, 0.4) is 0 Å². The fraction of sp³-hybridized carbons (Fsp3) is 0.692. The van der Waals surface area contributed by atoms with Gasteiger partial charge in [-0.15, -0.1) is 0 Å². The van der Waals surface area contributed by atoms with Crippen LogP contribution >= 0.6 is 12.2 Å². The van der Waals surface area contributed by atoms with E-state index < -0.39 is 0 Å². The van der Waals surface area contributed by atoms with E-state index in [9.17, 15) is 0 Å². The van der Waals surface area contributed by atoms with Crippen LogP contribution in [-0.4, -0.2) is 41.2 Å². The summed E-state index contributed by atoms with van der Waals surface area (Å²) in [6.45, 7) is 8.69. The number of aromatic nitrogens is 2. The molecule has 0 aliphatic carbocycles. The first-order chi connectivity index (χ1) is 8.93. The summed E-state index contributed by atoms with van der Waals surface area (Å²) in [7, 11) is 1.67. The molecule has 0 saturated heterocycles. The van der Waals surface area contributed by atoms with Gasteiger partial charge in [-0.3, -0.25) is 4.68 Å². The molecular weight excluding hydrogens is 260 g/mol. The number of nitrogens with zero attached hydrogens (tertiary/aromatic N) is 2. The lowest BCUT2D eigenvalue weighted by Crippen LogP contribution is -2.50. The molecule has 0 amide bonds. The van der Waals surface area contributed by atoms with Crippen LogP contribution in [-0.2, 0) is 11.3 Å². The lowest BCUT2D eigenvalue weighted by atomic mass is 9.87. The Morgan fingerprint density at radius 1 is 1.47 bits per heavy atom. The highest BCUT2D eigenvalue weighted by atomic mass is 32.1. The van der Waals surface area contributed by atoms with Crippen molar-refractivity contribution < 1.29 is 4.74 Å². The van der Waals surface area contributed by atoms with Crippen molar-refractivity contribution in [1.82, 2.24) is 20.4 Å². The number of ether oxygens (including phenoxy) is 1. The molecule has 108 valence electrons. The number of rotatable bonds is 6. The van der Waals surface area contributed by atoms with E-state index >= 15 is 0 Å². The molecule has 0 aliphatic heterocycles. The van der Waals surface area contributed by atoms with Crippen molar-refractivity contribution in [2.75, 3.05) is 20.3 Å². The smallest absolute Gasteiger partial charge is 0.166 e. The Hall–Kier alpha value is -1.14.